The minimum atomic E-state index is -1.02. The number of aromatic nitrogens is 3. The minimum absolute atomic E-state index is 0.166. The number of aromatic carboxylic acids is 1. The van der Waals surface area contributed by atoms with Crippen molar-refractivity contribution in [2.24, 2.45) is 0 Å². The molecule has 0 fully saturated rings. The Kier molecular flexibility index (Phi) is 4.53. The normalized spacial score (nSPS) is 10.9. The zero-order valence-corrected chi connectivity index (χ0v) is 15.6. The van der Waals surface area contributed by atoms with E-state index in [1.165, 1.54) is 0 Å². The number of rotatable bonds is 5. The summed E-state index contributed by atoms with van der Waals surface area (Å²) < 4.78 is 5.47. The summed E-state index contributed by atoms with van der Waals surface area (Å²) in [6.07, 6.45) is 0. The van der Waals surface area contributed by atoms with E-state index >= 15 is 0 Å². The number of benzene rings is 2. The van der Waals surface area contributed by atoms with Gasteiger partial charge in [0.05, 0.1) is 28.9 Å². The summed E-state index contributed by atoms with van der Waals surface area (Å²) in [6, 6.07) is 16.8. The van der Waals surface area contributed by atoms with Crippen LogP contribution in [-0.4, -0.2) is 32.9 Å². The topological polar surface area (TPSA) is 88.1 Å². The average molecular weight is 373 g/mol. The van der Waals surface area contributed by atoms with Gasteiger partial charge in [-0.25, -0.2) is 9.78 Å². The predicted molar refractivity (Wildman–Crippen MR) is 108 cm³/mol. The molecule has 140 valence electrons. The maximum absolute atomic E-state index is 12.0. The molecule has 0 atom stereocenters. The molecule has 0 unspecified atom stereocenters. The van der Waals surface area contributed by atoms with Crippen molar-refractivity contribution in [3.8, 4) is 28.3 Å². The van der Waals surface area contributed by atoms with E-state index in [0.717, 1.165) is 22.4 Å². The molecule has 0 aliphatic heterocycles. The van der Waals surface area contributed by atoms with E-state index in [0.29, 0.717) is 29.0 Å². The van der Waals surface area contributed by atoms with E-state index in [1.54, 1.807) is 6.07 Å². The molecule has 4 rings (SSSR count). The number of H-pyrrole nitrogens is 1. The van der Waals surface area contributed by atoms with Gasteiger partial charge in [-0.1, -0.05) is 23.8 Å². The highest BCUT2D eigenvalue weighted by molar-refractivity contribution is 6.08. The van der Waals surface area contributed by atoms with E-state index < -0.39 is 5.97 Å². The Balaban J connectivity index is 1.87. The van der Waals surface area contributed by atoms with Crippen LogP contribution in [0.2, 0.25) is 0 Å². The molecule has 2 heterocycles. The molecule has 2 N–H and O–H groups in total. The second-order valence-corrected chi connectivity index (χ2v) is 6.48. The summed E-state index contributed by atoms with van der Waals surface area (Å²) >= 11 is 0. The number of aryl methyl sites for hydroxylation is 1. The van der Waals surface area contributed by atoms with Crippen molar-refractivity contribution in [3.05, 3.63) is 65.7 Å². The number of nitrogens with one attached hydrogen (secondary N) is 1. The molecule has 2 aromatic heterocycles. The molecule has 2 aromatic carbocycles. The average Bonchev–Trinajstić information content (AvgIpc) is 3.12. The van der Waals surface area contributed by atoms with Crippen molar-refractivity contribution in [2.45, 2.75) is 13.8 Å². The van der Waals surface area contributed by atoms with Gasteiger partial charge in [-0.3, -0.25) is 5.10 Å². The maximum Gasteiger partial charge on any atom is 0.336 e. The van der Waals surface area contributed by atoms with Crippen molar-refractivity contribution >= 4 is 17.0 Å². The van der Waals surface area contributed by atoms with Crippen LogP contribution in [0.5, 0.6) is 5.75 Å². The quantitative estimate of drug-likeness (QED) is 0.529. The van der Waals surface area contributed by atoms with Gasteiger partial charge in [0.15, 0.2) is 5.65 Å². The number of pyridine rings is 1. The van der Waals surface area contributed by atoms with Crippen LogP contribution >= 0.6 is 0 Å². The lowest BCUT2D eigenvalue weighted by Gasteiger charge is -2.07. The molecule has 28 heavy (non-hydrogen) atoms. The van der Waals surface area contributed by atoms with Gasteiger partial charge in [0.2, 0.25) is 0 Å². The zero-order valence-electron chi connectivity index (χ0n) is 15.6. The molecule has 0 aliphatic rings. The van der Waals surface area contributed by atoms with Crippen molar-refractivity contribution in [1.29, 1.82) is 0 Å². The summed E-state index contributed by atoms with van der Waals surface area (Å²) in [5, 5.41) is 17.5. The monoisotopic (exact) mass is 373 g/mol. The number of fused-ring (bicyclic) bond motifs is 1. The third-order valence-corrected chi connectivity index (χ3v) is 4.52. The molecule has 0 radical (unpaired) electrons. The summed E-state index contributed by atoms with van der Waals surface area (Å²) in [4.78, 5) is 16.6. The SMILES string of the molecule is CCOc1ccc(-c2[nH]nc3nc(-c4cccc(C)c4)cc(C(=O)O)c23)cc1. The molecule has 4 aromatic rings. The third kappa shape index (κ3) is 3.20. The van der Waals surface area contributed by atoms with Gasteiger partial charge < -0.3 is 9.84 Å². The lowest BCUT2D eigenvalue weighted by molar-refractivity contribution is 0.0699. The van der Waals surface area contributed by atoms with Crippen molar-refractivity contribution in [1.82, 2.24) is 15.2 Å². The highest BCUT2D eigenvalue weighted by Crippen LogP contribution is 2.32. The number of hydrogen-bond donors (Lipinski definition) is 2. The van der Waals surface area contributed by atoms with Crippen LogP contribution in [0, 0.1) is 6.92 Å². The summed E-state index contributed by atoms with van der Waals surface area (Å²) in [6.45, 7) is 4.49. The van der Waals surface area contributed by atoms with E-state index in [2.05, 4.69) is 15.2 Å². The lowest BCUT2D eigenvalue weighted by Crippen LogP contribution is -2.00. The van der Waals surface area contributed by atoms with Gasteiger partial charge >= 0.3 is 5.97 Å². The second kappa shape index (κ2) is 7.15. The van der Waals surface area contributed by atoms with E-state index in [-0.39, 0.29) is 5.56 Å². The highest BCUT2D eigenvalue weighted by Gasteiger charge is 2.19. The van der Waals surface area contributed by atoms with E-state index in [9.17, 15) is 9.90 Å². The number of carboxylic acids is 1. The molecule has 0 spiro atoms. The number of ether oxygens (including phenoxy) is 1. The number of carboxylic acid groups (broad SMARTS) is 1. The van der Waals surface area contributed by atoms with Crippen molar-refractivity contribution in [3.63, 3.8) is 0 Å². The zero-order chi connectivity index (χ0) is 19.7. The highest BCUT2D eigenvalue weighted by atomic mass is 16.5. The van der Waals surface area contributed by atoms with Gasteiger partial charge in [-0.2, -0.15) is 5.10 Å². The number of aromatic amines is 1. The smallest absolute Gasteiger partial charge is 0.336 e. The van der Waals surface area contributed by atoms with Crippen LogP contribution < -0.4 is 4.74 Å². The number of carbonyl (C=O) groups is 1. The van der Waals surface area contributed by atoms with Crippen LogP contribution in [0.1, 0.15) is 22.8 Å². The van der Waals surface area contributed by atoms with Gasteiger partial charge in [0.25, 0.3) is 0 Å². The fourth-order valence-electron chi connectivity index (χ4n) is 3.24. The Morgan fingerprint density at radius 3 is 2.57 bits per heavy atom. The Bertz CT molecular complexity index is 1160. The van der Waals surface area contributed by atoms with Crippen LogP contribution in [-0.2, 0) is 0 Å². The Morgan fingerprint density at radius 2 is 1.89 bits per heavy atom. The van der Waals surface area contributed by atoms with Gasteiger partial charge in [-0.05, 0) is 50.2 Å². The van der Waals surface area contributed by atoms with Crippen LogP contribution in [0.15, 0.2) is 54.6 Å². The van der Waals surface area contributed by atoms with Gasteiger partial charge in [0.1, 0.15) is 5.75 Å². The first kappa shape index (κ1) is 17.7. The third-order valence-electron chi connectivity index (χ3n) is 4.52. The standard InChI is InChI=1S/C22H19N3O3/c1-3-28-16-9-7-14(8-10-16)20-19-17(22(26)27)12-18(23-21(19)25-24-20)15-6-4-5-13(2)11-15/h4-12H,3H2,1-2H3,(H,26,27)(H,23,24,25). The van der Waals surface area contributed by atoms with E-state index in [1.807, 2.05) is 62.4 Å². The minimum Gasteiger partial charge on any atom is -0.494 e. The fraction of sp³-hybridized carbons (Fsp3) is 0.136. The molecule has 0 amide bonds. The molecule has 0 aliphatic carbocycles. The van der Waals surface area contributed by atoms with Crippen LogP contribution in [0.3, 0.4) is 0 Å². The molecule has 6 heteroatoms. The largest absolute Gasteiger partial charge is 0.494 e. The molecule has 0 saturated heterocycles. The van der Waals surface area contributed by atoms with Crippen molar-refractivity contribution in [2.75, 3.05) is 6.61 Å². The fourth-order valence-corrected chi connectivity index (χ4v) is 3.24. The Morgan fingerprint density at radius 1 is 1.11 bits per heavy atom. The van der Waals surface area contributed by atoms with Gasteiger partial charge in [-0.15, -0.1) is 0 Å². The lowest BCUT2D eigenvalue weighted by atomic mass is 10.0. The summed E-state index contributed by atoms with van der Waals surface area (Å²) in [7, 11) is 0. The molecule has 0 bridgehead atoms. The number of hydrogen-bond acceptors (Lipinski definition) is 4. The first-order valence-corrected chi connectivity index (χ1v) is 8.99. The molecular formula is C22H19N3O3. The second-order valence-electron chi connectivity index (χ2n) is 6.48. The first-order valence-electron chi connectivity index (χ1n) is 8.99. The van der Waals surface area contributed by atoms with E-state index in [4.69, 9.17) is 4.74 Å². The Hall–Kier alpha value is -3.67. The van der Waals surface area contributed by atoms with Crippen LogP contribution in [0.4, 0.5) is 0 Å². The summed E-state index contributed by atoms with van der Waals surface area (Å²) in [5.74, 6) is -0.261. The maximum atomic E-state index is 12.0. The van der Waals surface area contributed by atoms with Crippen LogP contribution in [0.25, 0.3) is 33.5 Å². The molecular weight excluding hydrogens is 354 g/mol. The summed E-state index contributed by atoms with van der Waals surface area (Å²) in [5.41, 5.74) is 4.50. The first-order chi connectivity index (χ1) is 13.6. The molecule has 6 nitrogen and oxygen atoms in total. The molecule has 0 saturated carbocycles. The number of nitrogens with zero attached hydrogens (tertiary/aromatic N) is 2. The van der Waals surface area contributed by atoms with Gasteiger partial charge in [0, 0.05) is 11.1 Å². The Labute approximate surface area is 161 Å². The predicted octanol–water partition coefficient (Wildman–Crippen LogP) is 4.70. The van der Waals surface area contributed by atoms with Crippen molar-refractivity contribution < 1.29 is 14.6 Å².